The maximum Gasteiger partial charge on any atom is 0.227 e. The molecule has 7 heteroatoms. The summed E-state index contributed by atoms with van der Waals surface area (Å²) in [6.45, 7) is 9.08. The van der Waals surface area contributed by atoms with Crippen LogP contribution in [0.4, 0.5) is 0 Å². The van der Waals surface area contributed by atoms with Crippen LogP contribution in [0.1, 0.15) is 57.7 Å². The third kappa shape index (κ3) is 5.57. The summed E-state index contributed by atoms with van der Waals surface area (Å²) in [5, 5.41) is 10.3. The molecule has 22 heavy (non-hydrogen) atoms. The monoisotopic (exact) mass is 330 g/mol. The first-order valence-electron chi connectivity index (χ1n) is 7.78. The maximum absolute atomic E-state index is 11.9. The van der Waals surface area contributed by atoms with E-state index in [0.29, 0.717) is 24.6 Å². The van der Waals surface area contributed by atoms with Gasteiger partial charge in [-0.1, -0.05) is 25.9 Å². The van der Waals surface area contributed by atoms with Crippen LogP contribution in [0.5, 0.6) is 0 Å². The standard InChI is InChI=1S/C15H26N4O2.ClH/c1-11(2)14-18-13(21-19-14)5-4-12(20)17-10-15(3)6-8-16-9-7-15;/h11,16H,4-10H2,1-3H3,(H,17,20);1H. The van der Waals surface area contributed by atoms with Gasteiger partial charge in [-0.05, 0) is 31.3 Å². The second-order valence-electron chi connectivity index (χ2n) is 6.54. The van der Waals surface area contributed by atoms with Gasteiger partial charge in [-0.15, -0.1) is 12.4 Å². The van der Waals surface area contributed by atoms with Gasteiger partial charge in [0.1, 0.15) is 0 Å². The highest BCUT2D eigenvalue weighted by Gasteiger charge is 2.26. The fraction of sp³-hybridized carbons (Fsp3) is 0.800. The summed E-state index contributed by atoms with van der Waals surface area (Å²) in [4.78, 5) is 16.2. The number of carbonyl (C=O) groups excluding carboxylic acids is 1. The average Bonchev–Trinajstić information content (AvgIpc) is 2.93. The number of halogens is 1. The topological polar surface area (TPSA) is 80.0 Å². The molecule has 1 fully saturated rings. The Bertz CT molecular complexity index is 470. The van der Waals surface area contributed by atoms with Gasteiger partial charge >= 0.3 is 0 Å². The van der Waals surface area contributed by atoms with Crippen molar-refractivity contribution in [2.45, 2.75) is 52.4 Å². The highest BCUT2D eigenvalue weighted by atomic mass is 35.5. The molecule has 0 spiro atoms. The molecule has 1 aliphatic rings. The number of amides is 1. The highest BCUT2D eigenvalue weighted by molar-refractivity contribution is 5.85. The van der Waals surface area contributed by atoms with Crippen molar-refractivity contribution in [3.8, 4) is 0 Å². The third-order valence-corrected chi connectivity index (χ3v) is 4.09. The van der Waals surface area contributed by atoms with E-state index >= 15 is 0 Å². The second-order valence-corrected chi connectivity index (χ2v) is 6.54. The average molecular weight is 331 g/mol. The first-order valence-corrected chi connectivity index (χ1v) is 7.78. The number of nitrogens with one attached hydrogen (secondary N) is 2. The van der Waals surface area contributed by atoms with Gasteiger partial charge < -0.3 is 15.2 Å². The molecule has 0 atom stereocenters. The molecule has 2 N–H and O–H groups in total. The summed E-state index contributed by atoms with van der Waals surface area (Å²) in [7, 11) is 0. The van der Waals surface area contributed by atoms with E-state index in [1.54, 1.807) is 0 Å². The molecule has 1 amide bonds. The fourth-order valence-corrected chi connectivity index (χ4v) is 2.43. The SMILES string of the molecule is CC(C)c1noc(CCC(=O)NCC2(C)CCNCC2)n1.Cl. The van der Waals surface area contributed by atoms with Crippen molar-refractivity contribution in [3.05, 3.63) is 11.7 Å². The lowest BCUT2D eigenvalue weighted by molar-refractivity contribution is -0.121. The van der Waals surface area contributed by atoms with Crippen molar-refractivity contribution in [1.82, 2.24) is 20.8 Å². The number of aromatic nitrogens is 2. The normalized spacial score (nSPS) is 17.1. The Morgan fingerprint density at radius 3 is 2.68 bits per heavy atom. The molecule has 0 radical (unpaired) electrons. The molecule has 1 aromatic rings. The van der Waals surface area contributed by atoms with Gasteiger partial charge in [-0.2, -0.15) is 4.98 Å². The molecule has 0 bridgehead atoms. The summed E-state index contributed by atoms with van der Waals surface area (Å²) in [5.41, 5.74) is 0.218. The number of aryl methyl sites for hydroxylation is 1. The summed E-state index contributed by atoms with van der Waals surface area (Å²) < 4.78 is 5.14. The number of carbonyl (C=O) groups is 1. The van der Waals surface area contributed by atoms with Gasteiger partial charge in [0.2, 0.25) is 11.8 Å². The van der Waals surface area contributed by atoms with Gasteiger partial charge in [0.15, 0.2) is 5.82 Å². The van der Waals surface area contributed by atoms with Crippen molar-refractivity contribution in [2.75, 3.05) is 19.6 Å². The van der Waals surface area contributed by atoms with Crippen LogP contribution in [0.2, 0.25) is 0 Å². The molecule has 2 rings (SSSR count). The zero-order chi connectivity index (χ0) is 15.3. The Kier molecular flexibility index (Phi) is 7.29. The van der Waals surface area contributed by atoms with Gasteiger partial charge in [0.25, 0.3) is 0 Å². The van der Waals surface area contributed by atoms with Crippen LogP contribution < -0.4 is 10.6 Å². The Hall–Kier alpha value is -1.14. The molecule has 126 valence electrons. The number of nitrogens with zero attached hydrogens (tertiary/aromatic N) is 2. The van der Waals surface area contributed by atoms with Crippen LogP contribution >= 0.6 is 12.4 Å². The fourth-order valence-electron chi connectivity index (χ4n) is 2.43. The molecule has 1 aromatic heterocycles. The third-order valence-electron chi connectivity index (χ3n) is 4.09. The van der Waals surface area contributed by atoms with Crippen LogP contribution in [-0.4, -0.2) is 35.7 Å². The summed E-state index contributed by atoms with van der Waals surface area (Å²) in [6.07, 6.45) is 3.11. The predicted octanol–water partition coefficient (Wildman–Crippen LogP) is 2.05. The van der Waals surface area contributed by atoms with Crippen LogP contribution in [0, 0.1) is 5.41 Å². The Morgan fingerprint density at radius 1 is 1.41 bits per heavy atom. The minimum atomic E-state index is 0. The van der Waals surface area contributed by atoms with Crippen LogP contribution in [-0.2, 0) is 11.2 Å². The van der Waals surface area contributed by atoms with Gasteiger partial charge in [-0.3, -0.25) is 4.79 Å². The lowest BCUT2D eigenvalue weighted by Crippen LogP contribution is -2.42. The Morgan fingerprint density at radius 2 is 2.09 bits per heavy atom. The zero-order valence-electron chi connectivity index (χ0n) is 13.6. The van der Waals surface area contributed by atoms with Gasteiger partial charge in [0.05, 0.1) is 0 Å². The van der Waals surface area contributed by atoms with Crippen molar-refractivity contribution >= 4 is 18.3 Å². The molecule has 1 aliphatic heterocycles. The lowest BCUT2D eigenvalue weighted by Gasteiger charge is -2.34. The maximum atomic E-state index is 11.9. The number of hydrogen-bond acceptors (Lipinski definition) is 5. The predicted molar refractivity (Wildman–Crippen MR) is 87.2 cm³/mol. The first kappa shape index (κ1) is 18.9. The zero-order valence-corrected chi connectivity index (χ0v) is 14.5. The number of hydrogen-bond donors (Lipinski definition) is 2. The van der Waals surface area contributed by atoms with Crippen molar-refractivity contribution < 1.29 is 9.32 Å². The molecule has 2 heterocycles. The Labute approximate surface area is 138 Å². The molecule has 6 nitrogen and oxygen atoms in total. The van der Waals surface area contributed by atoms with E-state index in [1.807, 2.05) is 13.8 Å². The van der Waals surface area contributed by atoms with Crippen molar-refractivity contribution in [3.63, 3.8) is 0 Å². The Balaban J connectivity index is 0.00000242. The van der Waals surface area contributed by atoms with Crippen LogP contribution in [0.15, 0.2) is 4.52 Å². The van der Waals surface area contributed by atoms with E-state index in [4.69, 9.17) is 4.52 Å². The van der Waals surface area contributed by atoms with Crippen LogP contribution in [0.25, 0.3) is 0 Å². The van der Waals surface area contributed by atoms with Crippen molar-refractivity contribution in [2.24, 2.45) is 5.41 Å². The number of piperidine rings is 1. The van der Waals surface area contributed by atoms with Gasteiger partial charge in [-0.25, -0.2) is 0 Å². The van der Waals surface area contributed by atoms with Gasteiger partial charge in [0, 0.05) is 25.3 Å². The summed E-state index contributed by atoms with van der Waals surface area (Å²) in [6, 6.07) is 0. The van der Waals surface area contributed by atoms with Crippen LogP contribution in [0.3, 0.4) is 0 Å². The largest absolute Gasteiger partial charge is 0.356 e. The van der Waals surface area contributed by atoms with E-state index < -0.39 is 0 Å². The second kappa shape index (κ2) is 8.48. The minimum absolute atomic E-state index is 0. The summed E-state index contributed by atoms with van der Waals surface area (Å²) >= 11 is 0. The van der Waals surface area contributed by atoms with E-state index in [9.17, 15) is 4.79 Å². The quantitative estimate of drug-likeness (QED) is 0.834. The molecule has 0 aromatic carbocycles. The smallest absolute Gasteiger partial charge is 0.227 e. The van der Waals surface area contributed by atoms with E-state index in [-0.39, 0.29) is 29.6 Å². The molecule has 1 saturated heterocycles. The molecular weight excluding hydrogens is 304 g/mol. The van der Waals surface area contributed by atoms with E-state index in [0.717, 1.165) is 32.5 Å². The van der Waals surface area contributed by atoms with E-state index in [1.165, 1.54) is 0 Å². The lowest BCUT2D eigenvalue weighted by atomic mass is 9.81. The molecule has 0 unspecified atom stereocenters. The minimum Gasteiger partial charge on any atom is -0.356 e. The molecular formula is C15H27ClN4O2. The molecule has 0 aliphatic carbocycles. The summed E-state index contributed by atoms with van der Waals surface area (Å²) in [5.74, 6) is 1.55. The number of rotatable bonds is 6. The van der Waals surface area contributed by atoms with E-state index in [2.05, 4.69) is 27.7 Å². The first-order chi connectivity index (χ1) is 9.98. The van der Waals surface area contributed by atoms with Crippen molar-refractivity contribution in [1.29, 1.82) is 0 Å². The highest BCUT2D eigenvalue weighted by Crippen LogP contribution is 2.26. The molecule has 0 saturated carbocycles.